The normalized spacial score (nSPS) is 15.9. The SMILES string of the molecule is NS(=Nc1cc([S@](=O)CC(F)(F)F)c(Cl)cc1Cl)C(F)(F)F. The lowest BCUT2D eigenvalue weighted by Gasteiger charge is -2.11. The van der Waals surface area contributed by atoms with Gasteiger partial charge in [-0.05, 0) is 12.1 Å². The van der Waals surface area contributed by atoms with Crippen LogP contribution in [0.2, 0.25) is 10.0 Å². The van der Waals surface area contributed by atoms with Crippen molar-refractivity contribution in [3.8, 4) is 0 Å². The van der Waals surface area contributed by atoms with Crippen molar-refractivity contribution in [3.05, 3.63) is 22.2 Å². The van der Waals surface area contributed by atoms with Crippen LogP contribution in [0.3, 0.4) is 0 Å². The number of hydrogen-bond acceptors (Lipinski definition) is 2. The Morgan fingerprint density at radius 1 is 1.09 bits per heavy atom. The molecule has 0 heterocycles. The van der Waals surface area contributed by atoms with Gasteiger partial charge in [-0.2, -0.15) is 26.3 Å². The molecule has 1 aromatic carbocycles. The molecule has 0 saturated heterocycles. The molecule has 0 aliphatic carbocycles. The second-order valence-electron chi connectivity index (χ2n) is 3.69. The molecule has 0 aliphatic heterocycles. The maximum atomic E-state index is 12.3. The molecule has 0 spiro atoms. The first-order chi connectivity index (χ1) is 9.81. The summed E-state index contributed by atoms with van der Waals surface area (Å²) in [5.41, 5.74) is -5.38. The third kappa shape index (κ3) is 5.69. The van der Waals surface area contributed by atoms with Gasteiger partial charge in [-0.15, -0.1) is 0 Å². The van der Waals surface area contributed by atoms with Gasteiger partial charge in [0, 0.05) is 0 Å². The molecular formula is C9H6Cl2F6N2OS2. The summed E-state index contributed by atoms with van der Waals surface area (Å²) in [6.45, 7) is 0. The highest BCUT2D eigenvalue weighted by Gasteiger charge is 2.33. The summed E-state index contributed by atoms with van der Waals surface area (Å²) >= 11 is 11.2. The summed E-state index contributed by atoms with van der Waals surface area (Å²) in [5, 5.41) is 4.07. The fourth-order valence-corrected chi connectivity index (χ4v) is 3.32. The molecule has 0 bridgehead atoms. The number of alkyl halides is 6. The second-order valence-corrected chi connectivity index (χ2v) is 7.20. The van der Waals surface area contributed by atoms with Crippen molar-refractivity contribution in [1.82, 2.24) is 0 Å². The predicted octanol–water partition coefficient (Wildman–Crippen LogP) is 4.49. The van der Waals surface area contributed by atoms with Crippen LogP contribution in [0.1, 0.15) is 0 Å². The number of hydrogen-bond donors (Lipinski definition) is 1. The Kier molecular flexibility index (Phi) is 6.30. The topological polar surface area (TPSA) is 55.4 Å². The van der Waals surface area contributed by atoms with Crippen molar-refractivity contribution in [2.45, 2.75) is 16.6 Å². The summed E-state index contributed by atoms with van der Waals surface area (Å²) < 4.78 is 88.4. The van der Waals surface area contributed by atoms with E-state index in [0.717, 1.165) is 6.07 Å². The molecule has 13 heteroatoms. The van der Waals surface area contributed by atoms with E-state index in [0.29, 0.717) is 6.07 Å². The van der Waals surface area contributed by atoms with E-state index in [1.165, 1.54) is 0 Å². The molecular weight excluding hydrogens is 401 g/mol. The molecule has 0 aliphatic rings. The summed E-state index contributed by atoms with van der Waals surface area (Å²) in [7, 11) is -5.53. The number of halogens is 8. The van der Waals surface area contributed by atoms with E-state index in [9.17, 15) is 30.6 Å². The largest absolute Gasteiger partial charge is 0.466 e. The molecule has 0 saturated carbocycles. The molecule has 0 radical (unpaired) electrons. The van der Waals surface area contributed by atoms with Crippen molar-refractivity contribution >= 4 is 50.6 Å². The molecule has 1 rings (SSSR count). The maximum absolute atomic E-state index is 12.3. The average molecular weight is 407 g/mol. The molecule has 0 aromatic heterocycles. The molecule has 0 fully saturated rings. The zero-order valence-electron chi connectivity index (χ0n) is 10.1. The number of rotatable bonds is 3. The van der Waals surface area contributed by atoms with E-state index in [1.54, 1.807) is 0 Å². The number of nitrogens with zero attached hydrogens (tertiary/aromatic N) is 1. The van der Waals surface area contributed by atoms with Crippen LogP contribution in [0.25, 0.3) is 0 Å². The van der Waals surface area contributed by atoms with Crippen molar-refractivity contribution in [2.24, 2.45) is 9.50 Å². The van der Waals surface area contributed by atoms with Gasteiger partial charge in [0.1, 0.15) is 5.75 Å². The third-order valence-corrected chi connectivity index (χ3v) is 4.99. The summed E-state index contributed by atoms with van der Waals surface area (Å²) in [5.74, 6) is -1.71. The molecule has 126 valence electrons. The highest BCUT2D eigenvalue weighted by Crippen LogP contribution is 2.35. The van der Waals surface area contributed by atoms with Crippen LogP contribution in [0.4, 0.5) is 32.0 Å². The van der Waals surface area contributed by atoms with Gasteiger partial charge >= 0.3 is 11.7 Å². The van der Waals surface area contributed by atoms with E-state index in [4.69, 9.17) is 28.3 Å². The second kappa shape index (κ2) is 7.04. The lowest BCUT2D eigenvalue weighted by atomic mass is 10.3. The molecule has 3 nitrogen and oxygen atoms in total. The molecule has 1 aromatic rings. The van der Waals surface area contributed by atoms with Crippen LogP contribution in [0, 0.1) is 0 Å². The Morgan fingerprint density at radius 2 is 1.64 bits per heavy atom. The Hall–Kier alpha value is -0.360. The van der Waals surface area contributed by atoms with Gasteiger partial charge in [0.15, 0.2) is 0 Å². The van der Waals surface area contributed by atoms with Gasteiger partial charge in [-0.3, -0.25) is 9.35 Å². The van der Waals surface area contributed by atoms with Crippen LogP contribution in [0.15, 0.2) is 21.4 Å². The third-order valence-electron chi connectivity index (χ3n) is 1.98. The Bertz CT molecular complexity index is 632. The van der Waals surface area contributed by atoms with Crippen molar-refractivity contribution in [3.63, 3.8) is 0 Å². The van der Waals surface area contributed by atoms with E-state index in [1.807, 2.05) is 0 Å². The van der Waals surface area contributed by atoms with Gasteiger partial charge in [0.05, 0.1) is 42.3 Å². The molecule has 22 heavy (non-hydrogen) atoms. The number of nitrogens with two attached hydrogens (primary N) is 1. The monoisotopic (exact) mass is 406 g/mol. The van der Waals surface area contributed by atoms with Gasteiger partial charge in [-0.1, -0.05) is 23.2 Å². The molecule has 2 atom stereocenters. The minimum atomic E-state index is -4.84. The van der Waals surface area contributed by atoms with E-state index < -0.39 is 49.7 Å². The van der Waals surface area contributed by atoms with E-state index in [-0.39, 0.29) is 10.0 Å². The lowest BCUT2D eigenvalue weighted by molar-refractivity contribution is -0.105. The summed E-state index contributed by atoms with van der Waals surface area (Å²) in [4.78, 5) is -0.527. The zero-order chi connectivity index (χ0) is 17.3. The lowest BCUT2D eigenvalue weighted by Crippen LogP contribution is -2.22. The number of benzene rings is 1. The first-order valence-electron chi connectivity index (χ1n) is 5.03. The predicted molar refractivity (Wildman–Crippen MR) is 73.5 cm³/mol. The van der Waals surface area contributed by atoms with Gasteiger partial charge in [0.2, 0.25) is 0 Å². The van der Waals surface area contributed by atoms with Crippen LogP contribution < -0.4 is 5.14 Å². The van der Waals surface area contributed by atoms with E-state index in [2.05, 4.69) is 4.36 Å². The van der Waals surface area contributed by atoms with Crippen LogP contribution >= 0.6 is 23.2 Å². The summed E-state index contributed by atoms with van der Waals surface area (Å²) in [6.07, 6.45) is -4.74. The van der Waals surface area contributed by atoms with Crippen LogP contribution in [-0.4, -0.2) is 21.6 Å². The maximum Gasteiger partial charge on any atom is 0.466 e. The minimum absolute atomic E-state index is 0.357. The molecule has 2 N–H and O–H groups in total. The average Bonchev–Trinajstić information content (AvgIpc) is 2.28. The van der Waals surface area contributed by atoms with Gasteiger partial charge in [0.25, 0.3) is 0 Å². The minimum Gasteiger partial charge on any atom is -0.261 e. The smallest absolute Gasteiger partial charge is 0.261 e. The van der Waals surface area contributed by atoms with Gasteiger partial charge in [-0.25, -0.2) is 4.36 Å². The van der Waals surface area contributed by atoms with Crippen molar-refractivity contribution in [1.29, 1.82) is 0 Å². The van der Waals surface area contributed by atoms with Crippen LogP contribution in [0.5, 0.6) is 0 Å². The fourth-order valence-electron chi connectivity index (χ4n) is 1.15. The van der Waals surface area contributed by atoms with Crippen molar-refractivity contribution < 1.29 is 30.6 Å². The Morgan fingerprint density at radius 3 is 2.09 bits per heavy atom. The van der Waals surface area contributed by atoms with Gasteiger partial charge < -0.3 is 0 Å². The Balaban J connectivity index is 3.29. The Labute approximate surface area is 135 Å². The highest BCUT2D eigenvalue weighted by atomic mass is 35.5. The van der Waals surface area contributed by atoms with Crippen LogP contribution in [-0.2, 0) is 21.7 Å². The molecule has 1 unspecified atom stereocenters. The molecule has 0 amide bonds. The highest BCUT2D eigenvalue weighted by molar-refractivity contribution is 7.86. The van der Waals surface area contributed by atoms with E-state index >= 15 is 0 Å². The quantitative estimate of drug-likeness (QED) is 0.751. The first kappa shape index (κ1) is 19.7. The zero-order valence-corrected chi connectivity index (χ0v) is 13.3. The standard InChI is InChI=1S/C9H6Cl2F6N2OS2/c10-4-1-5(11)7(21(20)3-8(12,13)14)2-6(4)19-22(18)9(15,16)17/h1-2H,3H2,(H2,18,19)/t21-,22?/m1/s1. The summed E-state index contributed by atoms with van der Waals surface area (Å²) in [6, 6.07) is 1.56. The first-order valence-corrected chi connectivity index (χ1v) is 8.35. The van der Waals surface area contributed by atoms with Crippen molar-refractivity contribution in [2.75, 3.05) is 5.75 Å². The fraction of sp³-hybridized carbons (Fsp3) is 0.333.